The highest BCUT2D eigenvalue weighted by molar-refractivity contribution is 6.05. The molecule has 9 nitrogen and oxygen atoms in total. The van der Waals surface area contributed by atoms with Crippen molar-refractivity contribution in [1.29, 1.82) is 0 Å². The number of hydrogen-bond donors (Lipinski definition) is 3. The van der Waals surface area contributed by atoms with Gasteiger partial charge in [-0.2, -0.15) is 5.10 Å². The van der Waals surface area contributed by atoms with Gasteiger partial charge in [0.25, 0.3) is 11.8 Å². The lowest BCUT2D eigenvalue weighted by atomic mass is 10.1. The van der Waals surface area contributed by atoms with E-state index in [4.69, 9.17) is 15.2 Å². The molecule has 0 saturated heterocycles. The molecule has 0 aromatic heterocycles. The maximum absolute atomic E-state index is 12.8. The molecule has 35 heavy (non-hydrogen) atoms. The van der Waals surface area contributed by atoms with Gasteiger partial charge in [0.15, 0.2) is 18.1 Å². The molecule has 180 valence electrons. The Morgan fingerprint density at radius 2 is 1.66 bits per heavy atom. The van der Waals surface area contributed by atoms with E-state index >= 15 is 0 Å². The Labute approximate surface area is 202 Å². The van der Waals surface area contributed by atoms with Gasteiger partial charge in [0.1, 0.15) is 0 Å². The molecule has 0 saturated carbocycles. The molecule has 0 aliphatic heterocycles. The van der Waals surface area contributed by atoms with Crippen LogP contribution >= 0.6 is 0 Å². The summed E-state index contributed by atoms with van der Waals surface area (Å²) < 4.78 is 10.6. The number of carbonyl (C=O) groups excluding carboxylic acids is 3. The minimum absolute atomic E-state index is 0.190. The van der Waals surface area contributed by atoms with Crippen LogP contribution in [0.3, 0.4) is 0 Å². The number of anilines is 1. The summed E-state index contributed by atoms with van der Waals surface area (Å²) in [6, 6.07) is 21.0. The van der Waals surface area contributed by atoms with Crippen LogP contribution in [0.1, 0.15) is 28.4 Å². The number of carbonyl (C=O) groups is 3. The standard InChI is InChI=1S/C26H26N4O5/c1-17(19-12-13-22(23(15-19)34-2)35-16-24(27)31)29-30-26(33)20-10-6-7-11-21(20)28-25(32)14-18-8-4-3-5-9-18/h3-13,15H,14,16H2,1-2H3,(H2,27,31)(H,28,32)(H,30,33). The molecule has 3 rings (SSSR count). The number of primary amides is 1. The van der Waals surface area contributed by atoms with Crippen molar-refractivity contribution >= 4 is 29.1 Å². The summed E-state index contributed by atoms with van der Waals surface area (Å²) >= 11 is 0. The number of ether oxygens (including phenoxy) is 2. The number of nitrogens with zero attached hydrogens (tertiary/aromatic N) is 1. The lowest BCUT2D eigenvalue weighted by Gasteiger charge is -2.12. The first kappa shape index (κ1) is 25.0. The molecule has 9 heteroatoms. The molecular weight excluding hydrogens is 448 g/mol. The molecule has 0 unspecified atom stereocenters. The zero-order valence-electron chi connectivity index (χ0n) is 19.4. The van der Waals surface area contributed by atoms with E-state index in [1.165, 1.54) is 7.11 Å². The molecule has 0 atom stereocenters. The third-order valence-electron chi connectivity index (χ3n) is 4.93. The molecule has 3 amide bonds. The van der Waals surface area contributed by atoms with Gasteiger partial charge in [-0.1, -0.05) is 42.5 Å². The van der Waals surface area contributed by atoms with Crippen molar-refractivity contribution in [2.24, 2.45) is 10.8 Å². The van der Waals surface area contributed by atoms with Gasteiger partial charge in [0.2, 0.25) is 5.91 Å². The van der Waals surface area contributed by atoms with Crippen LogP contribution in [0.4, 0.5) is 5.69 Å². The van der Waals surface area contributed by atoms with Crippen molar-refractivity contribution in [3.63, 3.8) is 0 Å². The highest BCUT2D eigenvalue weighted by Gasteiger charge is 2.14. The molecule has 4 N–H and O–H groups in total. The SMILES string of the molecule is COc1cc(C(C)=NNC(=O)c2ccccc2NC(=O)Cc2ccccc2)ccc1OCC(N)=O. The summed E-state index contributed by atoms with van der Waals surface area (Å²) in [7, 11) is 1.47. The van der Waals surface area contributed by atoms with Crippen LogP contribution in [0.25, 0.3) is 0 Å². The Hall–Kier alpha value is -4.66. The number of amides is 3. The fourth-order valence-corrected chi connectivity index (χ4v) is 3.19. The lowest BCUT2D eigenvalue weighted by Crippen LogP contribution is -2.23. The molecule has 0 aliphatic rings. The van der Waals surface area contributed by atoms with Gasteiger partial charge in [-0.25, -0.2) is 5.43 Å². The third kappa shape index (κ3) is 7.16. The molecule has 0 fully saturated rings. The van der Waals surface area contributed by atoms with Crippen molar-refractivity contribution < 1.29 is 23.9 Å². The molecular formula is C26H26N4O5. The minimum atomic E-state index is -0.604. The van der Waals surface area contributed by atoms with E-state index in [1.54, 1.807) is 49.4 Å². The smallest absolute Gasteiger partial charge is 0.273 e. The van der Waals surface area contributed by atoms with Crippen molar-refractivity contribution in [3.05, 3.63) is 89.5 Å². The largest absolute Gasteiger partial charge is 0.493 e. The average molecular weight is 475 g/mol. The van der Waals surface area contributed by atoms with Crippen LogP contribution in [0.5, 0.6) is 11.5 Å². The van der Waals surface area contributed by atoms with Crippen LogP contribution < -0.4 is 25.9 Å². The first-order valence-electron chi connectivity index (χ1n) is 10.7. The average Bonchev–Trinajstić information content (AvgIpc) is 2.86. The van der Waals surface area contributed by atoms with E-state index in [1.807, 2.05) is 30.3 Å². The van der Waals surface area contributed by atoms with E-state index in [2.05, 4.69) is 15.8 Å². The van der Waals surface area contributed by atoms with Gasteiger partial charge in [0.05, 0.1) is 30.5 Å². The lowest BCUT2D eigenvalue weighted by molar-refractivity contribution is -0.120. The maximum Gasteiger partial charge on any atom is 0.273 e. The third-order valence-corrected chi connectivity index (χ3v) is 4.93. The van der Waals surface area contributed by atoms with Gasteiger partial charge < -0.3 is 20.5 Å². The Morgan fingerprint density at radius 3 is 2.37 bits per heavy atom. The zero-order chi connectivity index (χ0) is 25.2. The van der Waals surface area contributed by atoms with Gasteiger partial charge in [-0.05, 0) is 42.8 Å². The van der Waals surface area contributed by atoms with Crippen LogP contribution in [-0.4, -0.2) is 37.1 Å². The highest BCUT2D eigenvalue weighted by Crippen LogP contribution is 2.28. The predicted octanol–water partition coefficient (Wildman–Crippen LogP) is 2.89. The van der Waals surface area contributed by atoms with Gasteiger partial charge in [-0.3, -0.25) is 14.4 Å². The van der Waals surface area contributed by atoms with Crippen molar-refractivity contribution in [2.45, 2.75) is 13.3 Å². The van der Waals surface area contributed by atoms with Crippen LogP contribution in [0.15, 0.2) is 77.9 Å². The first-order chi connectivity index (χ1) is 16.9. The van der Waals surface area contributed by atoms with Gasteiger partial charge >= 0.3 is 0 Å². The molecule has 0 aliphatic carbocycles. The Morgan fingerprint density at radius 1 is 0.943 bits per heavy atom. The molecule has 0 radical (unpaired) electrons. The summed E-state index contributed by atoms with van der Waals surface area (Å²) in [6.07, 6.45) is 0.190. The minimum Gasteiger partial charge on any atom is -0.493 e. The summed E-state index contributed by atoms with van der Waals surface area (Å²) in [5.74, 6) is -0.577. The van der Waals surface area contributed by atoms with Crippen molar-refractivity contribution in [1.82, 2.24) is 5.43 Å². The van der Waals surface area contributed by atoms with E-state index in [0.717, 1.165) is 5.56 Å². The number of rotatable bonds is 10. The monoisotopic (exact) mass is 474 g/mol. The molecule has 3 aromatic carbocycles. The molecule has 0 bridgehead atoms. The first-order valence-corrected chi connectivity index (χ1v) is 10.7. The van der Waals surface area contributed by atoms with Gasteiger partial charge in [0, 0.05) is 5.56 Å². The number of hydrazone groups is 1. The molecule has 0 spiro atoms. The molecule has 3 aromatic rings. The maximum atomic E-state index is 12.8. The van der Waals surface area contributed by atoms with Crippen molar-refractivity contribution in [3.8, 4) is 11.5 Å². The predicted molar refractivity (Wildman–Crippen MR) is 133 cm³/mol. The van der Waals surface area contributed by atoms with E-state index in [-0.39, 0.29) is 24.5 Å². The number of nitrogens with one attached hydrogen (secondary N) is 2. The van der Waals surface area contributed by atoms with Gasteiger partial charge in [-0.15, -0.1) is 0 Å². The zero-order valence-corrected chi connectivity index (χ0v) is 19.4. The van der Waals surface area contributed by atoms with Crippen LogP contribution in [-0.2, 0) is 16.0 Å². The Bertz CT molecular complexity index is 1240. The van der Waals surface area contributed by atoms with Crippen LogP contribution in [0, 0.1) is 0 Å². The number of benzene rings is 3. The second-order valence-corrected chi connectivity index (χ2v) is 7.51. The second-order valence-electron chi connectivity index (χ2n) is 7.51. The van der Waals surface area contributed by atoms with E-state index in [9.17, 15) is 14.4 Å². The fraction of sp³-hybridized carbons (Fsp3) is 0.154. The summed E-state index contributed by atoms with van der Waals surface area (Å²) in [5, 5.41) is 6.96. The van der Waals surface area contributed by atoms with E-state index < -0.39 is 11.8 Å². The summed E-state index contributed by atoms with van der Waals surface area (Å²) in [4.78, 5) is 36.2. The molecule has 0 heterocycles. The topological polar surface area (TPSA) is 132 Å². The highest BCUT2D eigenvalue weighted by atomic mass is 16.5. The summed E-state index contributed by atoms with van der Waals surface area (Å²) in [6.45, 7) is 1.44. The van der Waals surface area contributed by atoms with Crippen LogP contribution in [0.2, 0.25) is 0 Å². The Balaban J connectivity index is 1.69. The number of para-hydroxylation sites is 1. The normalized spacial score (nSPS) is 10.9. The summed E-state index contributed by atoms with van der Waals surface area (Å²) in [5.41, 5.74) is 10.3. The number of nitrogens with two attached hydrogens (primary N) is 1. The Kier molecular flexibility index (Phi) is 8.55. The quantitative estimate of drug-likeness (QED) is 0.307. The second kappa shape index (κ2) is 12.0. The number of hydrogen-bond acceptors (Lipinski definition) is 6. The van der Waals surface area contributed by atoms with E-state index in [0.29, 0.717) is 28.5 Å². The fourth-order valence-electron chi connectivity index (χ4n) is 3.19. The number of methoxy groups -OCH3 is 1. The van der Waals surface area contributed by atoms with Crippen molar-refractivity contribution in [2.75, 3.05) is 19.0 Å².